The monoisotopic (exact) mass is 477 g/mol. The van der Waals surface area contributed by atoms with E-state index < -0.39 is 9.84 Å². The van der Waals surface area contributed by atoms with Crippen LogP contribution in [0.3, 0.4) is 0 Å². The summed E-state index contributed by atoms with van der Waals surface area (Å²) in [6.07, 6.45) is 0. The maximum Gasteiger partial charge on any atom is 0.210 e. The van der Waals surface area contributed by atoms with Gasteiger partial charge in [-0.1, -0.05) is 66.7 Å². The lowest BCUT2D eigenvalue weighted by molar-refractivity contribution is 0.596. The maximum absolute atomic E-state index is 13.6. The molecular formula is C23H25Cl2N3O2S. The molecule has 0 saturated heterocycles. The molecule has 0 aliphatic carbocycles. The van der Waals surface area contributed by atoms with Crippen LogP contribution >= 0.6 is 24.8 Å². The second-order valence-electron chi connectivity index (χ2n) is 6.80. The van der Waals surface area contributed by atoms with Crippen molar-refractivity contribution in [2.24, 2.45) is 5.73 Å². The van der Waals surface area contributed by atoms with Gasteiger partial charge in [0, 0.05) is 25.0 Å². The number of aromatic nitrogens is 1. The first kappa shape index (κ1) is 24.8. The summed E-state index contributed by atoms with van der Waals surface area (Å²) in [6.45, 7) is 1.43. The van der Waals surface area contributed by atoms with E-state index in [1.807, 2.05) is 65.2 Å². The topological polar surface area (TPSA) is 77.1 Å². The van der Waals surface area contributed by atoms with Gasteiger partial charge < -0.3 is 15.6 Å². The number of rotatable bonds is 7. The molecule has 3 N–H and O–H groups in total. The molecule has 0 bridgehead atoms. The highest BCUT2D eigenvalue weighted by molar-refractivity contribution is 7.92. The fourth-order valence-electron chi connectivity index (χ4n) is 3.56. The molecule has 3 aromatic carbocycles. The van der Waals surface area contributed by atoms with Crippen LogP contribution in [0.2, 0.25) is 0 Å². The van der Waals surface area contributed by atoms with Gasteiger partial charge in [-0.05, 0) is 23.8 Å². The summed E-state index contributed by atoms with van der Waals surface area (Å²) in [5.41, 5.74) is 7.68. The minimum Gasteiger partial charge on any atom is -0.369 e. The Morgan fingerprint density at radius 3 is 2.03 bits per heavy atom. The molecule has 164 valence electrons. The van der Waals surface area contributed by atoms with Crippen molar-refractivity contribution in [3.05, 3.63) is 90.5 Å². The van der Waals surface area contributed by atoms with E-state index in [2.05, 4.69) is 5.32 Å². The van der Waals surface area contributed by atoms with Crippen LogP contribution in [-0.4, -0.2) is 26.1 Å². The molecular weight excluding hydrogens is 453 g/mol. The summed E-state index contributed by atoms with van der Waals surface area (Å²) in [7, 11) is -3.72. The van der Waals surface area contributed by atoms with Gasteiger partial charge in [-0.25, -0.2) is 8.42 Å². The Morgan fingerprint density at radius 1 is 0.806 bits per heavy atom. The minimum absolute atomic E-state index is 0. The van der Waals surface area contributed by atoms with Crippen molar-refractivity contribution in [2.45, 2.75) is 16.3 Å². The number of benzene rings is 3. The molecule has 0 fully saturated rings. The first-order valence-electron chi connectivity index (χ1n) is 9.52. The molecule has 0 unspecified atom stereocenters. The molecule has 0 saturated carbocycles. The van der Waals surface area contributed by atoms with Crippen molar-refractivity contribution in [1.29, 1.82) is 0 Å². The Labute approximate surface area is 195 Å². The van der Waals surface area contributed by atoms with Gasteiger partial charge in [0.15, 0.2) is 0 Å². The highest BCUT2D eigenvalue weighted by atomic mass is 35.5. The van der Waals surface area contributed by atoms with Crippen molar-refractivity contribution in [3.8, 4) is 0 Å². The van der Waals surface area contributed by atoms with Crippen LogP contribution in [0.25, 0.3) is 10.9 Å². The third-order valence-electron chi connectivity index (χ3n) is 4.87. The number of halogens is 2. The Kier molecular flexibility index (Phi) is 8.53. The molecule has 4 aromatic rings. The Morgan fingerprint density at radius 2 is 1.39 bits per heavy atom. The number of sulfone groups is 1. The number of hydrogen-bond donors (Lipinski definition) is 2. The number of fused-ring (bicyclic) bond motifs is 1. The molecule has 8 heteroatoms. The number of nitrogens with one attached hydrogen (secondary N) is 1. The van der Waals surface area contributed by atoms with Crippen LogP contribution < -0.4 is 11.1 Å². The van der Waals surface area contributed by atoms with Gasteiger partial charge in [-0.15, -0.1) is 24.8 Å². The van der Waals surface area contributed by atoms with E-state index in [4.69, 9.17) is 5.73 Å². The quantitative estimate of drug-likeness (QED) is 0.403. The summed E-state index contributed by atoms with van der Waals surface area (Å²) in [4.78, 5) is 0.571. The van der Waals surface area contributed by atoms with Gasteiger partial charge in [0.1, 0.15) is 10.7 Å². The number of nitrogens with two attached hydrogens (primary N) is 1. The molecule has 0 aliphatic heterocycles. The van der Waals surface area contributed by atoms with Gasteiger partial charge in [0.2, 0.25) is 9.84 Å². The van der Waals surface area contributed by atoms with Crippen LogP contribution in [0.5, 0.6) is 0 Å². The van der Waals surface area contributed by atoms with Crippen LogP contribution in [-0.2, 0) is 16.4 Å². The van der Waals surface area contributed by atoms with Crippen LogP contribution in [0.4, 0.5) is 5.82 Å². The zero-order valence-corrected chi connectivity index (χ0v) is 19.2. The lowest BCUT2D eigenvalue weighted by Crippen LogP contribution is -2.18. The number of nitrogens with zero attached hydrogens (tertiary/aromatic N) is 1. The maximum atomic E-state index is 13.6. The zero-order valence-electron chi connectivity index (χ0n) is 16.8. The molecule has 31 heavy (non-hydrogen) atoms. The van der Waals surface area contributed by atoms with Crippen molar-refractivity contribution in [3.63, 3.8) is 0 Å². The van der Waals surface area contributed by atoms with Gasteiger partial charge in [-0.2, -0.15) is 0 Å². The number of hydrogen-bond acceptors (Lipinski definition) is 4. The second kappa shape index (κ2) is 10.7. The standard InChI is InChI=1S/C23H23N3O2S.2ClH/c24-15-16-25-23-22(29(27,28)19-11-5-2-6-12-19)20-13-7-8-14-21(20)26(23)17-18-9-3-1-4-10-18;;/h1-14,25H,15-17,24H2;2*1H. The first-order chi connectivity index (χ1) is 14.1. The van der Waals surface area contributed by atoms with E-state index >= 15 is 0 Å². The Bertz CT molecular complexity index is 1230. The van der Waals surface area contributed by atoms with Crippen molar-refractivity contribution in [2.75, 3.05) is 18.4 Å². The fourth-order valence-corrected chi connectivity index (χ4v) is 5.21. The Hall–Kier alpha value is -2.51. The lowest BCUT2D eigenvalue weighted by Gasteiger charge is -2.14. The van der Waals surface area contributed by atoms with Crippen molar-refractivity contribution >= 4 is 51.4 Å². The van der Waals surface area contributed by atoms with E-state index in [0.717, 1.165) is 11.1 Å². The van der Waals surface area contributed by atoms with Gasteiger partial charge >= 0.3 is 0 Å². The Balaban J connectivity index is 0.00000171. The molecule has 0 aliphatic rings. The van der Waals surface area contributed by atoms with E-state index in [1.54, 1.807) is 24.3 Å². The summed E-state index contributed by atoms with van der Waals surface area (Å²) >= 11 is 0. The predicted molar refractivity (Wildman–Crippen MR) is 131 cm³/mol. The highest BCUT2D eigenvalue weighted by Gasteiger charge is 2.28. The van der Waals surface area contributed by atoms with Crippen LogP contribution in [0.1, 0.15) is 5.56 Å². The van der Waals surface area contributed by atoms with Crippen molar-refractivity contribution < 1.29 is 8.42 Å². The van der Waals surface area contributed by atoms with Gasteiger partial charge in [0.05, 0.1) is 10.4 Å². The highest BCUT2D eigenvalue weighted by Crippen LogP contribution is 2.38. The minimum atomic E-state index is -3.72. The largest absolute Gasteiger partial charge is 0.369 e. The molecule has 0 radical (unpaired) electrons. The smallest absolute Gasteiger partial charge is 0.210 e. The van der Waals surface area contributed by atoms with E-state index in [0.29, 0.717) is 35.7 Å². The fraction of sp³-hybridized carbons (Fsp3) is 0.130. The van der Waals surface area contributed by atoms with Crippen LogP contribution in [0, 0.1) is 0 Å². The predicted octanol–water partition coefficient (Wildman–Crippen LogP) is 4.74. The summed E-state index contributed by atoms with van der Waals surface area (Å²) in [5, 5.41) is 3.98. The average Bonchev–Trinajstić information content (AvgIpc) is 3.07. The summed E-state index contributed by atoms with van der Waals surface area (Å²) in [6, 6.07) is 26.2. The van der Waals surface area contributed by atoms with E-state index in [-0.39, 0.29) is 29.7 Å². The average molecular weight is 478 g/mol. The first-order valence-corrected chi connectivity index (χ1v) is 11.0. The lowest BCUT2D eigenvalue weighted by atomic mass is 10.2. The molecule has 0 amide bonds. The van der Waals surface area contributed by atoms with E-state index in [1.165, 1.54) is 0 Å². The third kappa shape index (κ3) is 4.88. The molecule has 4 rings (SSSR count). The second-order valence-corrected chi connectivity index (χ2v) is 8.69. The zero-order chi connectivity index (χ0) is 20.3. The van der Waals surface area contributed by atoms with Gasteiger partial charge in [-0.3, -0.25) is 0 Å². The van der Waals surface area contributed by atoms with E-state index in [9.17, 15) is 8.42 Å². The number of para-hydroxylation sites is 1. The molecule has 5 nitrogen and oxygen atoms in total. The summed E-state index contributed by atoms with van der Waals surface area (Å²) < 4.78 is 29.2. The number of anilines is 1. The van der Waals surface area contributed by atoms with Crippen LogP contribution in [0.15, 0.2) is 94.7 Å². The molecule has 0 spiro atoms. The van der Waals surface area contributed by atoms with Crippen molar-refractivity contribution in [1.82, 2.24) is 4.57 Å². The normalized spacial score (nSPS) is 10.9. The molecule has 1 aromatic heterocycles. The summed E-state index contributed by atoms with van der Waals surface area (Å²) in [5.74, 6) is 0.573. The molecule has 1 heterocycles. The SMILES string of the molecule is Cl.Cl.NCCNc1c(S(=O)(=O)c2ccccc2)c2ccccc2n1Cc1ccccc1. The third-order valence-corrected chi connectivity index (χ3v) is 6.71. The molecule has 0 atom stereocenters. The van der Waals surface area contributed by atoms with Gasteiger partial charge in [0.25, 0.3) is 0 Å².